The van der Waals surface area contributed by atoms with Crippen LogP contribution in [0.15, 0.2) is 41.5 Å². The Hall–Kier alpha value is -2.82. The van der Waals surface area contributed by atoms with Crippen LogP contribution in [0.2, 0.25) is 19.6 Å². The lowest BCUT2D eigenvalue weighted by Gasteiger charge is -2.29. The molecule has 1 unspecified atom stereocenters. The smallest absolute Gasteiger partial charge is 0.280 e. The van der Waals surface area contributed by atoms with Crippen molar-refractivity contribution in [3.05, 3.63) is 52.6 Å². The van der Waals surface area contributed by atoms with Gasteiger partial charge in [0.1, 0.15) is 0 Å². The molecular weight excluding hydrogens is 426 g/mol. The van der Waals surface area contributed by atoms with E-state index < -0.39 is 20.1 Å². The summed E-state index contributed by atoms with van der Waals surface area (Å²) in [6, 6.07) is 8.74. The van der Waals surface area contributed by atoms with Gasteiger partial charge < -0.3 is 9.16 Å². The van der Waals surface area contributed by atoms with Crippen LogP contribution in [0.5, 0.6) is 0 Å². The Morgan fingerprint density at radius 3 is 2.66 bits per heavy atom. The molecule has 1 fully saturated rings. The third kappa shape index (κ3) is 4.38. The van der Waals surface area contributed by atoms with Gasteiger partial charge in [0.05, 0.1) is 18.5 Å². The maximum absolute atomic E-state index is 12.7. The molecule has 0 bridgehead atoms. The van der Waals surface area contributed by atoms with Gasteiger partial charge in [-0.15, -0.1) is 0 Å². The van der Waals surface area contributed by atoms with Gasteiger partial charge in [0, 0.05) is 11.5 Å². The van der Waals surface area contributed by atoms with E-state index >= 15 is 0 Å². The molecule has 2 aromatic heterocycles. The minimum Gasteiger partial charge on any atom is -0.410 e. The second-order valence-corrected chi connectivity index (χ2v) is 13.5. The number of amides is 1. The number of nitrogens with zero attached hydrogens (tertiary/aromatic N) is 3. The van der Waals surface area contributed by atoms with E-state index in [-0.39, 0.29) is 35.5 Å². The zero-order chi connectivity index (χ0) is 23.0. The minimum absolute atomic E-state index is 0.0260. The SMILES string of the molecule is CC[C@H]1O[C@@H](n2cnc3c(=O)[nH]c(NC(=O)c4ccccc4)nc32)[C@@H](O[Si](C)(C)C)C1C. The molecule has 3 heterocycles. The molecule has 1 aromatic carbocycles. The number of H-pyrrole nitrogens is 1. The van der Waals surface area contributed by atoms with Crippen molar-refractivity contribution in [2.45, 2.75) is 58.3 Å². The third-order valence-electron chi connectivity index (χ3n) is 5.57. The Kier molecular flexibility index (Phi) is 6.02. The first-order valence-corrected chi connectivity index (χ1v) is 14.3. The second kappa shape index (κ2) is 8.61. The molecule has 3 aromatic rings. The lowest BCUT2D eigenvalue weighted by molar-refractivity contribution is -0.0310. The van der Waals surface area contributed by atoms with E-state index in [9.17, 15) is 9.59 Å². The number of fused-ring (bicyclic) bond motifs is 1. The normalized spacial score (nSPS) is 23.5. The number of anilines is 1. The topological polar surface area (TPSA) is 111 Å². The molecule has 170 valence electrons. The Morgan fingerprint density at radius 2 is 2.00 bits per heavy atom. The number of imidazole rings is 1. The lowest BCUT2D eigenvalue weighted by atomic mass is 9.99. The van der Waals surface area contributed by atoms with E-state index in [1.54, 1.807) is 35.2 Å². The average Bonchev–Trinajstić information content (AvgIpc) is 3.29. The fraction of sp³-hybridized carbons (Fsp3) is 0.455. The van der Waals surface area contributed by atoms with Crippen LogP contribution in [0.25, 0.3) is 11.2 Å². The number of hydrogen-bond acceptors (Lipinski definition) is 6. The summed E-state index contributed by atoms with van der Waals surface area (Å²) in [6.07, 6.45) is 1.79. The number of ether oxygens (including phenoxy) is 1. The molecule has 2 N–H and O–H groups in total. The number of hydrogen-bond donors (Lipinski definition) is 2. The highest BCUT2D eigenvalue weighted by molar-refractivity contribution is 6.69. The van der Waals surface area contributed by atoms with Crippen LogP contribution in [0.4, 0.5) is 5.95 Å². The molecule has 4 rings (SSSR count). The van der Waals surface area contributed by atoms with E-state index in [0.29, 0.717) is 11.2 Å². The van der Waals surface area contributed by atoms with Crippen molar-refractivity contribution in [3.63, 3.8) is 0 Å². The van der Waals surface area contributed by atoms with Gasteiger partial charge in [-0.1, -0.05) is 32.0 Å². The number of aromatic amines is 1. The molecule has 1 saturated heterocycles. The van der Waals surface area contributed by atoms with Crippen LogP contribution in [0, 0.1) is 5.92 Å². The first kappa shape index (κ1) is 22.4. The maximum Gasteiger partial charge on any atom is 0.280 e. The van der Waals surface area contributed by atoms with E-state index in [2.05, 4.69) is 53.8 Å². The Morgan fingerprint density at radius 1 is 1.28 bits per heavy atom. The van der Waals surface area contributed by atoms with Crippen LogP contribution in [-0.4, -0.2) is 46.0 Å². The van der Waals surface area contributed by atoms with Gasteiger partial charge in [0.2, 0.25) is 5.95 Å². The van der Waals surface area contributed by atoms with Gasteiger partial charge in [-0.2, -0.15) is 4.98 Å². The molecule has 0 saturated carbocycles. The molecule has 9 nitrogen and oxygen atoms in total. The number of rotatable bonds is 6. The number of benzene rings is 1. The van der Waals surface area contributed by atoms with Crippen LogP contribution in [-0.2, 0) is 9.16 Å². The summed E-state index contributed by atoms with van der Waals surface area (Å²) in [6.45, 7) is 10.6. The monoisotopic (exact) mass is 455 g/mol. The second-order valence-electron chi connectivity index (χ2n) is 9.09. The first-order valence-electron chi connectivity index (χ1n) is 10.8. The number of carbonyl (C=O) groups excluding carboxylic acids is 1. The number of nitrogens with one attached hydrogen (secondary N) is 2. The van der Waals surface area contributed by atoms with Crippen LogP contribution >= 0.6 is 0 Å². The van der Waals surface area contributed by atoms with Crippen LogP contribution in [0.1, 0.15) is 36.9 Å². The standard InChI is InChI=1S/C22H29N5O4Si/c1-6-15-13(2)17(31-32(3,4)5)21(30-15)27-12-23-16-18(27)24-22(26-20(16)29)25-19(28)14-10-8-7-9-11-14/h7-13,15,17,21H,6H2,1-5H3,(H2,24,25,26,28,29)/t13?,15-,17+,21-/m1/s1. The van der Waals surface area contributed by atoms with Gasteiger partial charge in [0.15, 0.2) is 25.7 Å². The molecule has 0 spiro atoms. The highest BCUT2D eigenvalue weighted by atomic mass is 28.4. The molecule has 0 radical (unpaired) electrons. The summed E-state index contributed by atoms with van der Waals surface area (Å²) in [5.41, 5.74) is 0.560. The summed E-state index contributed by atoms with van der Waals surface area (Å²) < 4.78 is 14.6. The van der Waals surface area contributed by atoms with Crippen molar-refractivity contribution in [2.75, 3.05) is 5.32 Å². The summed E-state index contributed by atoms with van der Waals surface area (Å²) in [7, 11) is -1.87. The molecule has 4 atom stereocenters. The minimum atomic E-state index is -1.87. The molecule has 1 aliphatic rings. The quantitative estimate of drug-likeness (QED) is 0.550. The van der Waals surface area contributed by atoms with Gasteiger partial charge in [-0.3, -0.25) is 24.5 Å². The lowest BCUT2D eigenvalue weighted by Crippen LogP contribution is -2.38. The van der Waals surface area contributed by atoms with Crippen molar-refractivity contribution >= 4 is 31.3 Å². The fourth-order valence-electron chi connectivity index (χ4n) is 4.06. The predicted molar refractivity (Wildman–Crippen MR) is 124 cm³/mol. The van der Waals surface area contributed by atoms with E-state index in [4.69, 9.17) is 9.16 Å². The van der Waals surface area contributed by atoms with Gasteiger partial charge in [-0.05, 0) is 38.2 Å². The molecule has 1 amide bonds. The van der Waals surface area contributed by atoms with Crippen LogP contribution < -0.4 is 10.9 Å². The van der Waals surface area contributed by atoms with Crippen molar-refractivity contribution in [3.8, 4) is 0 Å². The summed E-state index contributed by atoms with van der Waals surface area (Å²) in [4.78, 5) is 36.6. The zero-order valence-corrected chi connectivity index (χ0v) is 20.0. The maximum atomic E-state index is 12.7. The number of carbonyl (C=O) groups is 1. The predicted octanol–water partition coefficient (Wildman–Crippen LogP) is 3.54. The summed E-state index contributed by atoms with van der Waals surface area (Å²) in [5, 5.41) is 2.67. The van der Waals surface area contributed by atoms with Gasteiger partial charge in [0.25, 0.3) is 11.5 Å². The van der Waals surface area contributed by atoms with Crippen molar-refractivity contribution in [2.24, 2.45) is 5.92 Å². The fourth-order valence-corrected chi connectivity index (χ4v) is 5.21. The molecule has 32 heavy (non-hydrogen) atoms. The highest BCUT2D eigenvalue weighted by Gasteiger charge is 2.45. The highest BCUT2D eigenvalue weighted by Crippen LogP contribution is 2.39. The molecule has 10 heteroatoms. The van der Waals surface area contributed by atoms with Crippen molar-refractivity contribution in [1.82, 2.24) is 19.5 Å². The van der Waals surface area contributed by atoms with Crippen molar-refractivity contribution < 1.29 is 14.0 Å². The van der Waals surface area contributed by atoms with Crippen molar-refractivity contribution in [1.29, 1.82) is 0 Å². The Labute approximate surface area is 187 Å². The zero-order valence-electron chi connectivity index (χ0n) is 19.0. The molecular formula is C22H29N5O4Si. The Balaban J connectivity index is 1.71. The largest absolute Gasteiger partial charge is 0.410 e. The average molecular weight is 456 g/mol. The van der Waals surface area contributed by atoms with Gasteiger partial charge >= 0.3 is 0 Å². The van der Waals surface area contributed by atoms with Crippen LogP contribution in [0.3, 0.4) is 0 Å². The van der Waals surface area contributed by atoms with E-state index in [1.807, 2.05) is 6.07 Å². The summed E-state index contributed by atoms with van der Waals surface area (Å²) >= 11 is 0. The molecule has 1 aliphatic heterocycles. The molecule has 0 aliphatic carbocycles. The first-order chi connectivity index (χ1) is 15.2. The Bertz CT molecular complexity index is 1170. The third-order valence-corrected chi connectivity index (χ3v) is 6.55. The number of aromatic nitrogens is 4. The van der Waals surface area contributed by atoms with E-state index in [0.717, 1.165) is 6.42 Å². The van der Waals surface area contributed by atoms with Gasteiger partial charge in [-0.25, -0.2) is 4.98 Å². The van der Waals surface area contributed by atoms with E-state index in [1.165, 1.54) is 0 Å². The summed E-state index contributed by atoms with van der Waals surface area (Å²) in [5.74, 6) is -0.136.